The summed E-state index contributed by atoms with van der Waals surface area (Å²) in [5.74, 6) is 0.0706. The number of primary amides is 1. The van der Waals surface area contributed by atoms with Crippen LogP contribution in [0.2, 0.25) is 0 Å². The minimum atomic E-state index is -0.570. The van der Waals surface area contributed by atoms with Crippen LogP contribution in [0, 0.1) is 13.8 Å². The molecule has 7 heteroatoms. The summed E-state index contributed by atoms with van der Waals surface area (Å²) in [7, 11) is 0. The third-order valence-electron chi connectivity index (χ3n) is 4.48. The van der Waals surface area contributed by atoms with E-state index in [4.69, 9.17) is 14.9 Å². The van der Waals surface area contributed by atoms with Gasteiger partial charge < -0.3 is 20.2 Å². The molecule has 0 spiro atoms. The maximum Gasteiger partial charge on any atom is 0.300 e. The van der Waals surface area contributed by atoms with Gasteiger partial charge in [-0.3, -0.25) is 9.78 Å². The van der Waals surface area contributed by atoms with Gasteiger partial charge >= 0.3 is 0 Å². The molecule has 146 valence electrons. The molecule has 29 heavy (non-hydrogen) atoms. The second-order valence-electron chi connectivity index (χ2n) is 6.79. The van der Waals surface area contributed by atoms with E-state index in [0.29, 0.717) is 22.9 Å². The topological polar surface area (TPSA) is 103 Å². The molecule has 0 aliphatic carbocycles. The lowest BCUT2D eigenvalue weighted by molar-refractivity contribution is 0.0995. The minimum Gasteiger partial charge on any atom is -0.489 e. The number of nitrogens with zero attached hydrogens (tertiary/aromatic N) is 2. The maximum atomic E-state index is 11.2. The lowest BCUT2D eigenvalue weighted by atomic mass is 10.1. The molecular weight excluding hydrogens is 368 g/mol. The number of hydrogen-bond acceptors (Lipinski definition) is 6. The number of rotatable bonds is 6. The first-order chi connectivity index (χ1) is 14.0. The molecule has 0 saturated heterocycles. The first-order valence-electron chi connectivity index (χ1n) is 9.10. The number of benzene rings is 2. The molecule has 3 N–H and O–H groups in total. The van der Waals surface area contributed by atoms with Crippen LogP contribution in [-0.2, 0) is 6.61 Å². The number of hydrogen-bond donors (Lipinski definition) is 2. The highest BCUT2D eigenvalue weighted by molar-refractivity contribution is 5.90. The number of amides is 1. The largest absolute Gasteiger partial charge is 0.489 e. The van der Waals surface area contributed by atoms with Gasteiger partial charge in [0.15, 0.2) is 5.58 Å². The van der Waals surface area contributed by atoms with Gasteiger partial charge in [-0.2, -0.15) is 4.98 Å². The number of nitrogens with two attached hydrogens (primary N) is 1. The van der Waals surface area contributed by atoms with Crippen LogP contribution in [-0.4, -0.2) is 15.9 Å². The smallest absolute Gasteiger partial charge is 0.300 e. The third-order valence-corrected chi connectivity index (χ3v) is 4.48. The minimum absolute atomic E-state index is 0.209. The van der Waals surface area contributed by atoms with E-state index in [1.807, 2.05) is 38.1 Å². The van der Waals surface area contributed by atoms with Crippen LogP contribution in [0.3, 0.4) is 0 Å². The van der Waals surface area contributed by atoms with Crippen molar-refractivity contribution in [2.45, 2.75) is 20.5 Å². The normalized spacial score (nSPS) is 10.8. The van der Waals surface area contributed by atoms with E-state index in [1.54, 1.807) is 12.1 Å². The molecule has 0 aliphatic heterocycles. The fourth-order valence-corrected chi connectivity index (χ4v) is 2.90. The quantitative estimate of drug-likeness (QED) is 0.511. The number of aryl methyl sites for hydroxylation is 2. The molecule has 0 fully saturated rings. The second-order valence-corrected chi connectivity index (χ2v) is 6.79. The standard InChI is InChI=1S/C22H20N4O3/c1-13-3-4-14(2)17(9-13)25-22-26-18-11-16(5-6-20(18)29-22)28-12-15-7-8-24-19(10-15)21(23)27/h3-11H,12H2,1-2H3,(H2,23,27)(H,25,26). The molecule has 2 aromatic carbocycles. The van der Waals surface area contributed by atoms with Crippen LogP contribution >= 0.6 is 0 Å². The van der Waals surface area contributed by atoms with Crippen molar-refractivity contribution in [2.24, 2.45) is 5.73 Å². The molecule has 4 rings (SSSR count). The molecule has 0 unspecified atom stereocenters. The van der Waals surface area contributed by atoms with Gasteiger partial charge in [-0.05, 0) is 60.9 Å². The lowest BCUT2D eigenvalue weighted by Gasteiger charge is -2.06. The second kappa shape index (κ2) is 7.63. The first kappa shape index (κ1) is 18.5. The number of nitrogens with one attached hydrogen (secondary N) is 1. The van der Waals surface area contributed by atoms with E-state index < -0.39 is 5.91 Å². The summed E-state index contributed by atoms with van der Waals surface area (Å²) in [4.78, 5) is 19.7. The molecule has 0 saturated carbocycles. The highest BCUT2D eigenvalue weighted by atomic mass is 16.5. The summed E-state index contributed by atoms with van der Waals surface area (Å²) in [6.07, 6.45) is 1.53. The molecule has 0 radical (unpaired) electrons. The van der Waals surface area contributed by atoms with E-state index >= 15 is 0 Å². The van der Waals surface area contributed by atoms with Crippen molar-refractivity contribution >= 4 is 28.7 Å². The molecule has 0 atom stereocenters. The van der Waals surface area contributed by atoms with Gasteiger partial charge in [-0.1, -0.05) is 12.1 Å². The number of fused-ring (bicyclic) bond motifs is 1. The Balaban J connectivity index is 1.50. The summed E-state index contributed by atoms with van der Waals surface area (Å²) in [5.41, 5.74) is 10.8. The molecule has 2 aromatic heterocycles. The van der Waals surface area contributed by atoms with Gasteiger partial charge in [0.1, 0.15) is 23.6 Å². The van der Waals surface area contributed by atoms with Crippen LogP contribution in [0.1, 0.15) is 27.2 Å². The van der Waals surface area contributed by atoms with Crippen molar-refractivity contribution in [3.05, 3.63) is 77.1 Å². The first-order valence-corrected chi connectivity index (χ1v) is 9.10. The summed E-state index contributed by atoms with van der Waals surface area (Å²) < 4.78 is 11.6. The van der Waals surface area contributed by atoms with Gasteiger partial charge in [-0.25, -0.2) is 0 Å². The van der Waals surface area contributed by atoms with E-state index in [0.717, 1.165) is 22.4 Å². The maximum absolute atomic E-state index is 11.2. The Labute approximate surface area is 167 Å². The van der Waals surface area contributed by atoms with Crippen LogP contribution in [0.4, 0.5) is 11.7 Å². The van der Waals surface area contributed by atoms with Crippen molar-refractivity contribution < 1.29 is 13.9 Å². The summed E-state index contributed by atoms with van der Waals surface area (Å²) in [5, 5.41) is 3.23. The highest BCUT2D eigenvalue weighted by Crippen LogP contribution is 2.27. The predicted molar refractivity (Wildman–Crippen MR) is 110 cm³/mol. The van der Waals surface area contributed by atoms with Crippen LogP contribution < -0.4 is 15.8 Å². The van der Waals surface area contributed by atoms with E-state index in [-0.39, 0.29) is 12.3 Å². The molecule has 7 nitrogen and oxygen atoms in total. The zero-order valence-corrected chi connectivity index (χ0v) is 16.1. The molecule has 1 amide bonds. The number of aromatic nitrogens is 2. The zero-order chi connectivity index (χ0) is 20.4. The van der Waals surface area contributed by atoms with E-state index in [9.17, 15) is 4.79 Å². The molecular formula is C22H20N4O3. The molecule has 4 aromatic rings. The Bertz CT molecular complexity index is 1200. The van der Waals surface area contributed by atoms with Gasteiger partial charge in [0.2, 0.25) is 0 Å². The van der Waals surface area contributed by atoms with Crippen molar-refractivity contribution in [1.82, 2.24) is 9.97 Å². The summed E-state index contributed by atoms with van der Waals surface area (Å²) in [6, 6.07) is 15.4. The van der Waals surface area contributed by atoms with Crippen molar-refractivity contribution in [3.63, 3.8) is 0 Å². The average molecular weight is 388 g/mol. The van der Waals surface area contributed by atoms with Gasteiger partial charge in [0.05, 0.1) is 0 Å². The van der Waals surface area contributed by atoms with Crippen molar-refractivity contribution in [2.75, 3.05) is 5.32 Å². The lowest BCUT2D eigenvalue weighted by Crippen LogP contribution is -2.13. The Hall–Kier alpha value is -3.87. The summed E-state index contributed by atoms with van der Waals surface area (Å²) >= 11 is 0. The zero-order valence-electron chi connectivity index (χ0n) is 16.1. The number of ether oxygens (including phenoxy) is 1. The molecule has 0 aliphatic rings. The monoisotopic (exact) mass is 388 g/mol. The fourth-order valence-electron chi connectivity index (χ4n) is 2.90. The van der Waals surface area contributed by atoms with Crippen molar-refractivity contribution in [1.29, 1.82) is 0 Å². The van der Waals surface area contributed by atoms with Crippen LogP contribution in [0.15, 0.2) is 59.1 Å². The number of carbonyl (C=O) groups is 1. The Morgan fingerprint density at radius 1 is 1.14 bits per heavy atom. The number of pyridine rings is 1. The van der Waals surface area contributed by atoms with E-state index in [1.165, 1.54) is 6.20 Å². The SMILES string of the molecule is Cc1ccc(C)c(Nc2nc3cc(OCc4ccnc(C(N)=O)c4)ccc3o2)c1. The fraction of sp³-hybridized carbons (Fsp3) is 0.136. The van der Waals surface area contributed by atoms with Crippen LogP contribution in [0.25, 0.3) is 11.1 Å². The van der Waals surface area contributed by atoms with Crippen LogP contribution in [0.5, 0.6) is 5.75 Å². The number of carbonyl (C=O) groups excluding carboxylic acids is 1. The highest BCUT2D eigenvalue weighted by Gasteiger charge is 2.09. The Kier molecular flexibility index (Phi) is 4.87. The Morgan fingerprint density at radius 3 is 2.83 bits per heavy atom. The summed E-state index contributed by atoms with van der Waals surface area (Å²) in [6.45, 7) is 4.34. The molecule has 0 bridgehead atoms. The molecule has 2 heterocycles. The van der Waals surface area contributed by atoms with Gasteiger partial charge in [0.25, 0.3) is 11.9 Å². The third kappa shape index (κ3) is 4.19. The van der Waals surface area contributed by atoms with Gasteiger partial charge in [-0.15, -0.1) is 0 Å². The predicted octanol–water partition coefficient (Wildman–Crippen LogP) is 4.26. The van der Waals surface area contributed by atoms with Gasteiger partial charge in [0, 0.05) is 18.0 Å². The number of anilines is 2. The average Bonchev–Trinajstić information content (AvgIpc) is 3.11. The van der Waals surface area contributed by atoms with E-state index in [2.05, 4.69) is 27.4 Å². The Morgan fingerprint density at radius 2 is 2.00 bits per heavy atom. The number of oxazole rings is 1. The van der Waals surface area contributed by atoms with Crippen molar-refractivity contribution in [3.8, 4) is 5.75 Å².